The molecule has 3 aromatic rings. The van der Waals surface area contributed by atoms with Gasteiger partial charge in [-0.05, 0) is 67.3 Å². The number of pyridine rings is 1. The molecule has 0 bridgehead atoms. The van der Waals surface area contributed by atoms with Gasteiger partial charge < -0.3 is 19.5 Å². The van der Waals surface area contributed by atoms with E-state index in [0.717, 1.165) is 28.0 Å². The van der Waals surface area contributed by atoms with Crippen molar-refractivity contribution in [2.75, 3.05) is 20.8 Å². The number of ether oxygens (including phenoxy) is 3. The van der Waals surface area contributed by atoms with Crippen LogP contribution in [0.1, 0.15) is 32.6 Å². The molecule has 31 heavy (non-hydrogen) atoms. The average Bonchev–Trinajstić information content (AvgIpc) is 2.78. The second kappa shape index (κ2) is 10.5. The van der Waals surface area contributed by atoms with Crippen molar-refractivity contribution in [2.24, 2.45) is 0 Å². The Hall–Kier alpha value is -3.54. The molecule has 0 spiro atoms. The van der Waals surface area contributed by atoms with Gasteiger partial charge in [0.2, 0.25) is 0 Å². The van der Waals surface area contributed by atoms with Crippen LogP contribution in [0.3, 0.4) is 0 Å². The molecule has 1 heterocycles. The minimum Gasteiger partial charge on any atom is -0.493 e. The monoisotopic (exact) mass is 420 g/mol. The number of nitrogens with zero attached hydrogens (tertiary/aromatic N) is 1. The van der Waals surface area contributed by atoms with Crippen molar-refractivity contribution in [1.29, 1.82) is 0 Å². The first-order valence-corrected chi connectivity index (χ1v) is 10.1. The normalized spacial score (nSPS) is 10.5. The number of carbonyl (C=O) groups excluding carboxylic acids is 1. The SMILES string of the molecule is COc1ccc(CCNC(=O)c2cc(C)c(OCc3cccnc3)c(C)c2)cc1OC. The van der Waals surface area contributed by atoms with Crippen molar-refractivity contribution in [3.8, 4) is 17.2 Å². The molecule has 0 aliphatic carbocycles. The van der Waals surface area contributed by atoms with Crippen molar-refractivity contribution in [3.63, 3.8) is 0 Å². The molecule has 0 unspecified atom stereocenters. The predicted molar refractivity (Wildman–Crippen MR) is 120 cm³/mol. The van der Waals surface area contributed by atoms with Crippen LogP contribution in [0.4, 0.5) is 0 Å². The molecule has 6 nitrogen and oxygen atoms in total. The number of hydrogen-bond acceptors (Lipinski definition) is 5. The smallest absolute Gasteiger partial charge is 0.251 e. The average molecular weight is 421 g/mol. The Balaban J connectivity index is 1.59. The largest absolute Gasteiger partial charge is 0.493 e. The third-order valence-electron chi connectivity index (χ3n) is 4.98. The maximum absolute atomic E-state index is 12.6. The van der Waals surface area contributed by atoms with E-state index in [-0.39, 0.29) is 5.91 Å². The minimum absolute atomic E-state index is 0.106. The summed E-state index contributed by atoms with van der Waals surface area (Å²) in [6.45, 7) is 4.86. The van der Waals surface area contributed by atoms with Crippen molar-refractivity contribution in [1.82, 2.24) is 10.3 Å². The number of nitrogens with one attached hydrogen (secondary N) is 1. The van der Waals surface area contributed by atoms with Crippen LogP contribution in [0.2, 0.25) is 0 Å². The van der Waals surface area contributed by atoms with Gasteiger partial charge in [-0.25, -0.2) is 0 Å². The Kier molecular flexibility index (Phi) is 7.49. The quantitative estimate of drug-likeness (QED) is 0.560. The molecule has 6 heteroatoms. The first-order valence-electron chi connectivity index (χ1n) is 10.1. The molecular formula is C25H28N2O4. The molecule has 3 rings (SSSR count). The second-order valence-electron chi connectivity index (χ2n) is 7.28. The van der Waals surface area contributed by atoms with Crippen LogP contribution in [0, 0.1) is 13.8 Å². The van der Waals surface area contributed by atoms with Gasteiger partial charge in [-0.1, -0.05) is 12.1 Å². The van der Waals surface area contributed by atoms with Gasteiger partial charge in [0, 0.05) is 30.1 Å². The molecule has 1 aromatic heterocycles. The van der Waals surface area contributed by atoms with Crippen molar-refractivity contribution in [2.45, 2.75) is 26.9 Å². The molecular weight excluding hydrogens is 392 g/mol. The zero-order chi connectivity index (χ0) is 22.2. The van der Waals surface area contributed by atoms with Crippen LogP contribution in [0.25, 0.3) is 0 Å². The van der Waals surface area contributed by atoms with Crippen LogP contribution in [-0.4, -0.2) is 31.7 Å². The lowest BCUT2D eigenvalue weighted by molar-refractivity contribution is 0.0954. The Labute approximate surface area is 183 Å². The second-order valence-corrected chi connectivity index (χ2v) is 7.28. The van der Waals surface area contributed by atoms with E-state index in [1.165, 1.54) is 0 Å². The molecule has 0 saturated heterocycles. The summed E-state index contributed by atoms with van der Waals surface area (Å²) in [7, 11) is 3.22. The van der Waals surface area contributed by atoms with E-state index < -0.39 is 0 Å². The first-order chi connectivity index (χ1) is 15.0. The van der Waals surface area contributed by atoms with Crippen LogP contribution >= 0.6 is 0 Å². The van der Waals surface area contributed by atoms with E-state index in [4.69, 9.17) is 14.2 Å². The van der Waals surface area contributed by atoms with Gasteiger partial charge >= 0.3 is 0 Å². The van der Waals surface area contributed by atoms with Crippen LogP contribution in [0.15, 0.2) is 54.9 Å². The van der Waals surface area contributed by atoms with E-state index in [2.05, 4.69) is 10.3 Å². The Morgan fingerprint density at radius 1 is 0.968 bits per heavy atom. The summed E-state index contributed by atoms with van der Waals surface area (Å²) in [5.74, 6) is 2.06. The highest BCUT2D eigenvalue weighted by molar-refractivity contribution is 5.94. The molecule has 162 valence electrons. The van der Waals surface area contributed by atoms with Gasteiger partial charge in [-0.15, -0.1) is 0 Å². The van der Waals surface area contributed by atoms with Crippen molar-refractivity contribution < 1.29 is 19.0 Å². The molecule has 0 radical (unpaired) electrons. The van der Waals surface area contributed by atoms with Gasteiger partial charge in [0.05, 0.1) is 14.2 Å². The van der Waals surface area contributed by atoms with E-state index >= 15 is 0 Å². The van der Waals surface area contributed by atoms with Crippen LogP contribution in [0.5, 0.6) is 17.2 Å². The van der Waals surface area contributed by atoms with E-state index in [1.807, 2.05) is 56.3 Å². The number of hydrogen-bond donors (Lipinski definition) is 1. The summed E-state index contributed by atoms with van der Waals surface area (Å²) in [5, 5.41) is 2.99. The molecule has 0 aliphatic heterocycles. The van der Waals surface area contributed by atoms with E-state index in [1.54, 1.807) is 26.6 Å². The Morgan fingerprint density at radius 3 is 2.35 bits per heavy atom. The van der Waals surface area contributed by atoms with Crippen molar-refractivity contribution >= 4 is 5.91 Å². The van der Waals surface area contributed by atoms with Gasteiger partial charge in [0.25, 0.3) is 5.91 Å². The van der Waals surface area contributed by atoms with Gasteiger partial charge in [0.15, 0.2) is 11.5 Å². The molecule has 2 aromatic carbocycles. The highest BCUT2D eigenvalue weighted by Crippen LogP contribution is 2.28. The lowest BCUT2D eigenvalue weighted by atomic mass is 10.0. The number of carbonyl (C=O) groups is 1. The molecule has 0 saturated carbocycles. The minimum atomic E-state index is -0.106. The van der Waals surface area contributed by atoms with Gasteiger partial charge in [-0.2, -0.15) is 0 Å². The fourth-order valence-electron chi connectivity index (χ4n) is 3.41. The number of amides is 1. The maximum Gasteiger partial charge on any atom is 0.251 e. The van der Waals surface area contributed by atoms with Gasteiger partial charge in [0.1, 0.15) is 12.4 Å². The molecule has 1 amide bonds. The van der Waals surface area contributed by atoms with Crippen LogP contribution < -0.4 is 19.5 Å². The fraction of sp³-hybridized carbons (Fsp3) is 0.280. The molecule has 1 N–H and O–H groups in total. The number of aryl methyl sites for hydroxylation is 2. The standard InChI is InChI=1S/C25H28N2O4/c1-17-12-21(13-18(2)24(17)31-16-20-6-5-10-26-15-20)25(28)27-11-9-19-7-8-22(29-3)23(14-19)30-4/h5-8,10,12-15H,9,11,16H2,1-4H3,(H,27,28). The third-order valence-corrected chi connectivity index (χ3v) is 4.98. The predicted octanol–water partition coefficient (Wildman–Crippen LogP) is 4.27. The number of benzene rings is 2. The summed E-state index contributed by atoms with van der Waals surface area (Å²) in [6, 6.07) is 13.3. The highest BCUT2D eigenvalue weighted by atomic mass is 16.5. The number of methoxy groups -OCH3 is 2. The first kappa shape index (κ1) is 22.2. The number of aromatic nitrogens is 1. The zero-order valence-corrected chi connectivity index (χ0v) is 18.4. The molecule has 0 atom stereocenters. The summed E-state index contributed by atoms with van der Waals surface area (Å²) >= 11 is 0. The summed E-state index contributed by atoms with van der Waals surface area (Å²) in [4.78, 5) is 16.8. The Morgan fingerprint density at radius 2 is 1.71 bits per heavy atom. The van der Waals surface area contributed by atoms with Crippen molar-refractivity contribution in [3.05, 3.63) is 82.7 Å². The molecule has 0 aliphatic rings. The van der Waals surface area contributed by atoms with E-state index in [0.29, 0.717) is 36.6 Å². The van der Waals surface area contributed by atoms with E-state index in [9.17, 15) is 4.79 Å². The fourth-order valence-corrected chi connectivity index (χ4v) is 3.41. The third kappa shape index (κ3) is 5.75. The van der Waals surface area contributed by atoms with Crippen LogP contribution in [-0.2, 0) is 13.0 Å². The maximum atomic E-state index is 12.6. The summed E-state index contributed by atoms with van der Waals surface area (Å²) in [6.07, 6.45) is 4.21. The highest BCUT2D eigenvalue weighted by Gasteiger charge is 2.12. The number of rotatable bonds is 9. The topological polar surface area (TPSA) is 69.7 Å². The molecule has 0 fully saturated rings. The van der Waals surface area contributed by atoms with Gasteiger partial charge in [-0.3, -0.25) is 9.78 Å². The lowest BCUT2D eigenvalue weighted by Gasteiger charge is -2.14. The zero-order valence-electron chi connectivity index (χ0n) is 18.4. The summed E-state index contributed by atoms with van der Waals surface area (Å²) in [5.41, 5.74) is 4.53. The lowest BCUT2D eigenvalue weighted by Crippen LogP contribution is -2.26. The summed E-state index contributed by atoms with van der Waals surface area (Å²) < 4.78 is 16.6. The Bertz CT molecular complexity index is 1010.